The fraction of sp³-hybridized carbons (Fsp3) is 0.222. The summed E-state index contributed by atoms with van der Waals surface area (Å²) in [5.41, 5.74) is 3.98. The summed E-state index contributed by atoms with van der Waals surface area (Å²) in [6.45, 7) is 1.22. The van der Waals surface area contributed by atoms with Crippen LogP contribution < -0.4 is 14.2 Å². The van der Waals surface area contributed by atoms with Gasteiger partial charge in [-0.25, -0.2) is 0 Å². The Hall–Kier alpha value is -4.31. The van der Waals surface area contributed by atoms with Crippen LogP contribution in [-0.4, -0.2) is 30.0 Å². The predicted octanol–water partition coefficient (Wildman–Crippen LogP) is 4.73. The van der Waals surface area contributed by atoms with Gasteiger partial charge in [0.05, 0.1) is 30.7 Å². The van der Waals surface area contributed by atoms with Crippen molar-refractivity contribution in [2.45, 2.75) is 25.4 Å². The molecule has 1 heterocycles. The van der Waals surface area contributed by atoms with E-state index in [2.05, 4.69) is 0 Å². The Balaban J connectivity index is 1.26. The molecule has 2 N–H and O–H groups in total. The Morgan fingerprint density at radius 2 is 1.76 bits per heavy atom. The number of carbonyl (C=O) groups is 1. The van der Waals surface area contributed by atoms with Crippen LogP contribution in [0.1, 0.15) is 34.6 Å². The van der Waals surface area contributed by atoms with E-state index in [-0.39, 0.29) is 13.0 Å². The molecule has 7 heteroatoms. The lowest BCUT2D eigenvalue weighted by Crippen LogP contribution is -2.11. The van der Waals surface area contributed by atoms with Gasteiger partial charge in [0.1, 0.15) is 30.5 Å². The third-order valence-electron chi connectivity index (χ3n) is 5.57. The maximum atomic E-state index is 10.9. The van der Waals surface area contributed by atoms with Crippen molar-refractivity contribution in [2.24, 2.45) is 0 Å². The van der Waals surface area contributed by atoms with E-state index < -0.39 is 11.9 Å². The monoisotopic (exact) mass is 456 g/mol. The minimum absolute atomic E-state index is 0.174. The third kappa shape index (κ3) is 5.73. The van der Waals surface area contributed by atoms with Crippen molar-refractivity contribution >= 4 is 11.7 Å². The number of nitrogens with zero attached hydrogens (tertiary/aromatic N) is 1. The fourth-order valence-electron chi connectivity index (χ4n) is 3.67. The number of ether oxygens (including phenoxy) is 3. The minimum atomic E-state index is -1.01. The van der Waals surface area contributed by atoms with Crippen molar-refractivity contribution in [1.82, 2.24) is 0 Å². The average Bonchev–Trinajstić information content (AvgIpc) is 3.33. The van der Waals surface area contributed by atoms with Crippen molar-refractivity contribution in [1.29, 1.82) is 10.7 Å². The van der Waals surface area contributed by atoms with E-state index in [0.29, 0.717) is 36.0 Å². The molecule has 1 aliphatic rings. The highest BCUT2D eigenvalue weighted by Gasteiger charge is 2.15. The van der Waals surface area contributed by atoms with Gasteiger partial charge < -0.3 is 24.7 Å². The van der Waals surface area contributed by atoms with Crippen molar-refractivity contribution in [3.63, 3.8) is 0 Å². The first-order valence-corrected chi connectivity index (χ1v) is 10.9. The standard InChI is InChI=1S/C27H24N2O5/c28-15-22(14-27(30)31)19-3-8-24(9-4-19)33-16-18-1-6-23(7-2-18)34-17-25(29)20-5-10-26-21(13-20)11-12-32-26/h1-10,13,22,29H,11-12,14,16-17H2,(H,30,31). The van der Waals surface area contributed by atoms with Gasteiger partial charge >= 0.3 is 5.97 Å². The SMILES string of the molecule is N#CC(CC(=O)O)c1ccc(OCc2ccc(OCC(=N)c3ccc4c(c3)CCO4)cc2)cc1. The predicted molar refractivity (Wildman–Crippen MR) is 126 cm³/mol. The fourth-order valence-corrected chi connectivity index (χ4v) is 3.67. The van der Waals surface area contributed by atoms with Crippen LogP contribution in [-0.2, 0) is 17.8 Å². The van der Waals surface area contributed by atoms with E-state index >= 15 is 0 Å². The van der Waals surface area contributed by atoms with Crippen LogP contribution >= 0.6 is 0 Å². The Bertz CT molecular complexity index is 1210. The van der Waals surface area contributed by atoms with Gasteiger partial charge in [-0.05, 0) is 64.7 Å². The van der Waals surface area contributed by atoms with E-state index in [1.807, 2.05) is 48.5 Å². The Kier molecular flexibility index (Phi) is 7.09. The topological polar surface area (TPSA) is 113 Å². The van der Waals surface area contributed by atoms with Crippen molar-refractivity contribution < 1.29 is 24.1 Å². The molecular formula is C27H24N2O5. The van der Waals surface area contributed by atoms with Crippen LogP contribution in [0.5, 0.6) is 17.2 Å². The maximum Gasteiger partial charge on any atom is 0.305 e. The second-order valence-corrected chi connectivity index (χ2v) is 7.97. The number of rotatable bonds is 10. The second kappa shape index (κ2) is 10.5. The average molecular weight is 456 g/mol. The smallest absolute Gasteiger partial charge is 0.305 e. The summed E-state index contributed by atoms with van der Waals surface area (Å²) in [5.74, 6) is 0.509. The lowest BCUT2D eigenvalue weighted by Gasteiger charge is -2.11. The summed E-state index contributed by atoms with van der Waals surface area (Å²) in [5, 5.41) is 26.4. The zero-order valence-corrected chi connectivity index (χ0v) is 18.5. The highest BCUT2D eigenvalue weighted by atomic mass is 16.5. The summed E-state index contributed by atoms with van der Waals surface area (Å²) in [7, 11) is 0. The Morgan fingerprint density at radius 3 is 2.47 bits per heavy atom. The van der Waals surface area contributed by atoms with Crippen LogP contribution in [0, 0.1) is 16.7 Å². The number of carboxylic acids is 1. The Labute approximate surface area is 197 Å². The largest absolute Gasteiger partial charge is 0.493 e. The molecule has 0 spiro atoms. The van der Waals surface area contributed by atoms with Gasteiger partial charge in [-0.1, -0.05) is 24.3 Å². The quantitative estimate of drug-likeness (QED) is 0.427. The van der Waals surface area contributed by atoms with Gasteiger partial charge in [-0.2, -0.15) is 5.26 Å². The molecule has 0 bridgehead atoms. The molecule has 4 rings (SSSR count). The number of carboxylic acid groups (broad SMARTS) is 1. The summed E-state index contributed by atoms with van der Waals surface area (Å²) >= 11 is 0. The molecule has 7 nitrogen and oxygen atoms in total. The van der Waals surface area contributed by atoms with Gasteiger partial charge in [-0.15, -0.1) is 0 Å². The van der Waals surface area contributed by atoms with E-state index in [1.54, 1.807) is 24.3 Å². The summed E-state index contributed by atoms with van der Waals surface area (Å²) in [6, 6.07) is 22.2. The minimum Gasteiger partial charge on any atom is -0.493 e. The normalized spacial score (nSPS) is 12.7. The molecule has 0 fully saturated rings. The summed E-state index contributed by atoms with van der Waals surface area (Å²) in [6.07, 6.45) is 0.642. The third-order valence-corrected chi connectivity index (χ3v) is 5.57. The molecule has 34 heavy (non-hydrogen) atoms. The van der Waals surface area contributed by atoms with Gasteiger partial charge in [0.25, 0.3) is 0 Å². The van der Waals surface area contributed by atoms with Gasteiger partial charge in [0.15, 0.2) is 0 Å². The molecule has 3 aromatic carbocycles. The van der Waals surface area contributed by atoms with Crippen LogP contribution in [0.2, 0.25) is 0 Å². The number of nitriles is 1. The van der Waals surface area contributed by atoms with Crippen LogP contribution in [0.3, 0.4) is 0 Å². The molecular weight excluding hydrogens is 432 g/mol. The van der Waals surface area contributed by atoms with E-state index in [1.165, 1.54) is 0 Å². The first kappa shape index (κ1) is 22.9. The highest BCUT2D eigenvalue weighted by molar-refractivity contribution is 5.99. The molecule has 0 aliphatic carbocycles. The lowest BCUT2D eigenvalue weighted by atomic mass is 9.97. The molecule has 0 amide bonds. The molecule has 0 saturated carbocycles. The van der Waals surface area contributed by atoms with Crippen LogP contribution in [0.25, 0.3) is 0 Å². The molecule has 172 valence electrons. The zero-order chi connectivity index (χ0) is 23.9. The van der Waals surface area contributed by atoms with Crippen molar-refractivity contribution in [2.75, 3.05) is 13.2 Å². The van der Waals surface area contributed by atoms with Crippen molar-refractivity contribution in [3.8, 4) is 23.3 Å². The van der Waals surface area contributed by atoms with Crippen LogP contribution in [0.15, 0.2) is 66.7 Å². The molecule has 0 saturated heterocycles. The number of benzene rings is 3. The molecule has 1 unspecified atom stereocenters. The van der Waals surface area contributed by atoms with Crippen LogP contribution in [0.4, 0.5) is 0 Å². The Morgan fingerprint density at radius 1 is 1.06 bits per heavy atom. The summed E-state index contributed by atoms with van der Waals surface area (Å²) < 4.78 is 17.1. The number of aliphatic carboxylic acids is 1. The number of fused-ring (bicyclic) bond motifs is 1. The number of nitrogens with one attached hydrogen (secondary N) is 1. The van der Waals surface area contributed by atoms with Gasteiger partial charge in [-0.3, -0.25) is 4.79 Å². The molecule has 1 atom stereocenters. The lowest BCUT2D eigenvalue weighted by molar-refractivity contribution is -0.137. The van der Waals surface area contributed by atoms with Gasteiger partial charge in [0, 0.05) is 6.42 Å². The van der Waals surface area contributed by atoms with E-state index in [9.17, 15) is 4.79 Å². The molecule has 0 aromatic heterocycles. The first-order valence-electron chi connectivity index (χ1n) is 10.9. The summed E-state index contributed by atoms with van der Waals surface area (Å²) in [4.78, 5) is 10.9. The number of hydrogen-bond acceptors (Lipinski definition) is 6. The second-order valence-electron chi connectivity index (χ2n) is 7.97. The first-order chi connectivity index (χ1) is 16.5. The van der Waals surface area contributed by atoms with Crippen molar-refractivity contribution in [3.05, 3.63) is 89.0 Å². The zero-order valence-electron chi connectivity index (χ0n) is 18.5. The van der Waals surface area contributed by atoms with Gasteiger partial charge in [0.2, 0.25) is 0 Å². The molecule has 0 radical (unpaired) electrons. The number of hydrogen-bond donors (Lipinski definition) is 2. The molecule has 3 aromatic rings. The van der Waals surface area contributed by atoms with E-state index in [4.69, 9.17) is 30.0 Å². The maximum absolute atomic E-state index is 10.9. The highest BCUT2D eigenvalue weighted by Crippen LogP contribution is 2.26. The molecule has 1 aliphatic heterocycles. The van der Waals surface area contributed by atoms with E-state index in [0.717, 1.165) is 28.9 Å².